The first-order chi connectivity index (χ1) is 6.70. The summed E-state index contributed by atoms with van der Waals surface area (Å²) in [6.07, 6.45) is 0.593. The van der Waals surface area contributed by atoms with Gasteiger partial charge in [-0.3, -0.25) is 4.79 Å². The van der Waals surface area contributed by atoms with Gasteiger partial charge in [-0.2, -0.15) is 0 Å². The highest BCUT2D eigenvalue weighted by Gasteiger charge is 2.21. The van der Waals surface area contributed by atoms with Gasteiger partial charge in [0.25, 0.3) is 5.91 Å². The smallest absolute Gasteiger partial charge is 0.251 e. The van der Waals surface area contributed by atoms with Crippen molar-refractivity contribution in [3.05, 3.63) is 0 Å². The van der Waals surface area contributed by atoms with E-state index in [0.717, 1.165) is 13.0 Å². The van der Waals surface area contributed by atoms with Gasteiger partial charge in [0.2, 0.25) is 0 Å². The number of nitrogens with one attached hydrogen (secondary N) is 1. The Morgan fingerprint density at radius 1 is 1.50 bits per heavy atom. The van der Waals surface area contributed by atoms with Crippen LogP contribution in [0.25, 0.3) is 0 Å². The van der Waals surface area contributed by atoms with Crippen molar-refractivity contribution in [2.24, 2.45) is 5.92 Å². The fraction of sp³-hybridized carbons (Fsp3) is 0.900. The quantitative estimate of drug-likeness (QED) is 0.723. The van der Waals surface area contributed by atoms with E-state index in [1.54, 1.807) is 0 Å². The Morgan fingerprint density at radius 3 is 2.86 bits per heavy atom. The molecule has 0 aromatic rings. The Balaban J connectivity index is 2.13. The molecule has 1 rings (SSSR count). The van der Waals surface area contributed by atoms with E-state index in [-0.39, 0.29) is 5.91 Å². The third-order valence-electron chi connectivity index (χ3n) is 2.13. The molecule has 0 aromatic heterocycles. The third kappa shape index (κ3) is 4.07. The summed E-state index contributed by atoms with van der Waals surface area (Å²) in [5.74, 6) is 0.559. The summed E-state index contributed by atoms with van der Waals surface area (Å²) in [6.45, 7) is 6.47. The third-order valence-corrected chi connectivity index (χ3v) is 2.13. The molecule has 1 saturated heterocycles. The lowest BCUT2D eigenvalue weighted by atomic mass is 10.1. The van der Waals surface area contributed by atoms with Gasteiger partial charge < -0.3 is 14.8 Å². The normalized spacial score (nSPS) is 22.4. The van der Waals surface area contributed by atoms with Crippen molar-refractivity contribution in [2.75, 3.05) is 26.4 Å². The highest BCUT2D eigenvalue weighted by molar-refractivity contribution is 5.80. The van der Waals surface area contributed by atoms with E-state index in [1.807, 2.05) is 0 Å². The molecule has 0 aliphatic carbocycles. The molecule has 1 N–H and O–H groups in total. The number of carbonyl (C=O) groups is 1. The van der Waals surface area contributed by atoms with E-state index < -0.39 is 6.10 Å². The van der Waals surface area contributed by atoms with Crippen molar-refractivity contribution in [1.82, 2.24) is 5.32 Å². The SMILES string of the molecule is CC(C)CCNC(=O)[C@H]1COCCO1. The molecule has 0 aromatic carbocycles. The number of rotatable bonds is 4. The van der Waals surface area contributed by atoms with Crippen LogP contribution < -0.4 is 5.32 Å². The van der Waals surface area contributed by atoms with E-state index >= 15 is 0 Å². The van der Waals surface area contributed by atoms with Crippen LogP contribution in [0.2, 0.25) is 0 Å². The maximum Gasteiger partial charge on any atom is 0.251 e. The molecule has 0 saturated carbocycles. The highest BCUT2D eigenvalue weighted by atomic mass is 16.6. The topological polar surface area (TPSA) is 47.6 Å². The van der Waals surface area contributed by atoms with Gasteiger partial charge >= 0.3 is 0 Å². The Morgan fingerprint density at radius 2 is 2.29 bits per heavy atom. The van der Waals surface area contributed by atoms with E-state index in [1.165, 1.54) is 0 Å². The molecule has 0 bridgehead atoms. The molecule has 1 fully saturated rings. The number of hydrogen-bond acceptors (Lipinski definition) is 3. The van der Waals surface area contributed by atoms with Gasteiger partial charge in [0.1, 0.15) is 0 Å². The summed E-state index contributed by atoms with van der Waals surface area (Å²) in [5, 5.41) is 2.84. The zero-order valence-corrected chi connectivity index (χ0v) is 8.91. The molecule has 82 valence electrons. The van der Waals surface area contributed by atoms with Gasteiger partial charge in [0.05, 0.1) is 19.8 Å². The van der Waals surface area contributed by atoms with Gasteiger partial charge in [-0.15, -0.1) is 0 Å². The number of amides is 1. The molecule has 1 heterocycles. The first-order valence-electron chi connectivity index (χ1n) is 5.17. The Bertz CT molecular complexity index is 176. The monoisotopic (exact) mass is 201 g/mol. The van der Waals surface area contributed by atoms with Crippen LogP contribution in [0.15, 0.2) is 0 Å². The van der Waals surface area contributed by atoms with Crippen molar-refractivity contribution >= 4 is 5.91 Å². The van der Waals surface area contributed by atoms with Crippen LogP contribution in [-0.4, -0.2) is 38.4 Å². The van der Waals surface area contributed by atoms with E-state index in [9.17, 15) is 4.79 Å². The summed E-state index contributed by atoms with van der Waals surface area (Å²) in [7, 11) is 0. The van der Waals surface area contributed by atoms with Gasteiger partial charge in [0.15, 0.2) is 6.10 Å². The van der Waals surface area contributed by atoms with Crippen molar-refractivity contribution < 1.29 is 14.3 Å². The second-order valence-electron chi connectivity index (χ2n) is 3.91. The van der Waals surface area contributed by atoms with E-state index in [4.69, 9.17) is 9.47 Å². The summed E-state index contributed by atoms with van der Waals surface area (Å²) in [5.41, 5.74) is 0. The summed E-state index contributed by atoms with van der Waals surface area (Å²) >= 11 is 0. The van der Waals surface area contributed by atoms with Gasteiger partial charge in [-0.25, -0.2) is 0 Å². The molecule has 4 nitrogen and oxygen atoms in total. The van der Waals surface area contributed by atoms with Crippen LogP contribution >= 0.6 is 0 Å². The second-order valence-corrected chi connectivity index (χ2v) is 3.91. The number of ether oxygens (including phenoxy) is 2. The first-order valence-corrected chi connectivity index (χ1v) is 5.17. The van der Waals surface area contributed by atoms with E-state index in [2.05, 4.69) is 19.2 Å². The first kappa shape index (κ1) is 11.5. The fourth-order valence-electron chi connectivity index (χ4n) is 1.24. The molecular weight excluding hydrogens is 182 g/mol. The number of hydrogen-bond donors (Lipinski definition) is 1. The lowest BCUT2D eigenvalue weighted by Gasteiger charge is -2.22. The molecule has 4 heteroatoms. The molecule has 0 radical (unpaired) electrons. The summed E-state index contributed by atoms with van der Waals surface area (Å²) in [4.78, 5) is 11.5. The molecular formula is C10H19NO3. The molecule has 1 amide bonds. The van der Waals surface area contributed by atoms with E-state index in [0.29, 0.717) is 25.7 Å². The lowest BCUT2D eigenvalue weighted by molar-refractivity contribution is -0.147. The minimum Gasteiger partial charge on any atom is -0.376 e. The Hall–Kier alpha value is -0.610. The lowest BCUT2D eigenvalue weighted by Crippen LogP contribution is -2.43. The Labute approximate surface area is 85.0 Å². The van der Waals surface area contributed by atoms with Crippen molar-refractivity contribution in [3.63, 3.8) is 0 Å². The summed E-state index contributed by atoms with van der Waals surface area (Å²) in [6, 6.07) is 0. The van der Waals surface area contributed by atoms with Crippen LogP contribution in [0.5, 0.6) is 0 Å². The zero-order chi connectivity index (χ0) is 10.4. The zero-order valence-electron chi connectivity index (χ0n) is 8.91. The molecule has 0 spiro atoms. The van der Waals surface area contributed by atoms with Crippen LogP contribution in [0.1, 0.15) is 20.3 Å². The minimum absolute atomic E-state index is 0.0506. The van der Waals surface area contributed by atoms with Crippen molar-refractivity contribution in [1.29, 1.82) is 0 Å². The minimum atomic E-state index is -0.407. The Kier molecular flexibility index (Phi) is 4.90. The largest absolute Gasteiger partial charge is 0.376 e. The predicted octanol–water partition coefficient (Wildman–Crippen LogP) is 0.564. The van der Waals surface area contributed by atoms with Crippen LogP contribution in [0.3, 0.4) is 0 Å². The van der Waals surface area contributed by atoms with Gasteiger partial charge in [-0.1, -0.05) is 13.8 Å². The van der Waals surface area contributed by atoms with Crippen LogP contribution in [0.4, 0.5) is 0 Å². The maximum atomic E-state index is 11.5. The average Bonchev–Trinajstić information content (AvgIpc) is 2.18. The standard InChI is InChI=1S/C10H19NO3/c1-8(2)3-4-11-10(12)9-7-13-5-6-14-9/h8-9H,3-7H2,1-2H3,(H,11,12)/t9-/m1/s1. The maximum absolute atomic E-state index is 11.5. The number of carbonyl (C=O) groups excluding carboxylic acids is 1. The highest BCUT2D eigenvalue weighted by Crippen LogP contribution is 2.01. The van der Waals surface area contributed by atoms with Crippen molar-refractivity contribution in [3.8, 4) is 0 Å². The molecule has 1 aliphatic rings. The van der Waals surface area contributed by atoms with Gasteiger partial charge in [-0.05, 0) is 12.3 Å². The molecule has 1 aliphatic heterocycles. The fourth-order valence-corrected chi connectivity index (χ4v) is 1.24. The predicted molar refractivity (Wildman–Crippen MR) is 53.0 cm³/mol. The van der Waals surface area contributed by atoms with Gasteiger partial charge in [0, 0.05) is 6.54 Å². The van der Waals surface area contributed by atoms with Crippen LogP contribution in [0, 0.1) is 5.92 Å². The average molecular weight is 201 g/mol. The molecule has 0 unspecified atom stereocenters. The van der Waals surface area contributed by atoms with Crippen LogP contribution in [-0.2, 0) is 14.3 Å². The summed E-state index contributed by atoms with van der Waals surface area (Å²) < 4.78 is 10.4. The second kappa shape index (κ2) is 5.98. The molecule has 1 atom stereocenters. The van der Waals surface area contributed by atoms with Crippen molar-refractivity contribution in [2.45, 2.75) is 26.4 Å². The molecule has 14 heavy (non-hydrogen) atoms.